The first-order chi connectivity index (χ1) is 8.38. The number of nitrogen functional groups attached to an aromatic ring is 2. The number of anilines is 3. The van der Waals surface area contributed by atoms with Crippen molar-refractivity contribution in [2.24, 2.45) is 5.92 Å². The Kier molecular flexibility index (Phi) is 5.22. The third-order valence-corrected chi connectivity index (χ3v) is 2.65. The largest absolute Gasteiger partial charge is 0.396 e. The van der Waals surface area contributed by atoms with Crippen molar-refractivity contribution in [1.82, 2.24) is 9.88 Å². The highest BCUT2D eigenvalue weighted by atomic mass is 15.1. The van der Waals surface area contributed by atoms with E-state index in [1.807, 2.05) is 6.07 Å². The second-order valence-electron chi connectivity index (χ2n) is 5.40. The van der Waals surface area contributed by atoms with E-state index in [4.69, 9.17) is 11.5 Å². The van der Waals surface area contributed by atoms with Gasteiger partial charge in [0.2, 0.25) is 0 Å². The van der Waals surface area contributed by atoms with Crippen LogP contribution in [0.5, 0.6) is 0 Å². The number of aromatic nitrogens is 1. The highest BCUT2D eigenvalue weighted by Gasteiger charge is 2.13. The molecule has 0 spiro atoms. The fourth-order valence-electron chi connectivity index (χ4n) is 1.96. The quantitative estimate of drug-likeness (QED) is 0.716. The van der Waals surface area contributed by atoms with Gasteiger partial charge in [-0.3, -0.25) is 0 Å². The lowest BCUT2D eigenvalue weighted by molar-refractivity contribution is 0.356. The Morgan fingerprint density at radius 2 is 1.94 bits per heavy atom. The van der Waals surface area contributed by atoms with E-state index < -0.39 is 0 Å². The lowest BCUT2D eigenvalue weighted by atomic mass is 10.0. The van der Waals surface area contributed by atoms with Crippen molar-refractivity contribution in [3.8, 4) is 0 Å². The van der Waals surface area contributed by atoms with Crippen molar-refractivity contribution < 1.29 is 0 Å². The maximum atomic E-state index is 5.71. The van der Waals surface area contributed by atoms with Crippen molar-refractivity contribution in [3.63, 3.8) is 0 Å². The minimum Gasteiger partial charge on any atom is -0.396 e. The molecule has 0 aliphatic heterocycles. The van der Waals surface area contributed by atoms with Crippen LogP contribution in [0.15, 0.2) is 12.1 Å². The fourth-order valence-corrected chi connectivity index (χ4v) is 1.96. The summed E-state index contributed by atoms with van der Waals surface area (Å²) >= 11 is 0. The Morgan fingerprint density at radius 3 is 2.44 bits per heavy atom. The summed E-state index contributed by atoms with van der Waals surface area (Å²) < 4.78 is 0. The van der Waals surface area contributed by atoms with Gasteiger partial charge in [-0.25, -0.2) is 4.98 Å². The molecule has 0 bridgehead atoms. The first kappa shape index (κ1) is 14.6. The SMILES string of the molecule is CC(C)CC(CN(C)C)Nc1ccc(N)c(N)n1. The second-order valence-corrected chi connectivity index (χ2v) is 5.40. The minimum absolute atomic E-state index is 0.357. The van der Waals surface area contributed by atoms with E-state index in [1.54, 1.807) is 6.07 Å². The van der Waals surface area contributed by atoms with Gasteiger partial charge < -0.3 is 21.7 Å². The van der Waals surface area contributed by atoms with Crippen molar-refractivity contribution in [2.75, 3.05) is 37.4 Å². The third kappa shape index (κ3) is 4.79. The van der Waals surface area contributed by atoms with Crippen LogP contribution in [-0.2, 0) is 0 Å². The summed E-state index contributed by atoms with van der Waals surface area (Å²) in [6.07, 6.45) is 1.09. The molecule has 0 fully saturated rings. The van der Waals surface area contributed by atoms with Gasteiger partial charge in [0.1, 0.15) is 11.6 Å². The summed E-state index contributed by atoms with van der Waals surface area (Å²) in [7, 11) is 4.14. The number of nitrogens with two attached hydrogens (primary N) is 2. The topological polar surface area (TPSA) is 80.2 Å². The van der Waals surface area contributed by atoms with Crippen LogP contribution in [-0.4, -0.2) is 36.6 Å². The van der Waals surface area contributed by atoms with Crippen molar-refractivity contribution in [1.29, 1.82) is 0 Å². The maximum Gasteiger partial charge on any atom is 0.149 e. The average Bonchev–Trinajstić information content (AvgIpc) is 2.21. The molecule has 0 radical (unpaired) electrons. The molecule has 5 nitrogen and oxygen atoms in total. The van der Waals surface area contributed by atoms with Crippen LogP contribution in [0.1, 0.15) is 20.3 Å². The molecule has 0 aliphatic rings. The fraction of sp³-hybridized carbons (Fsp3) is 0.615. The lowest BCUT2D eigenvalue weighted by Gasteiger charge is -2.24. The molecule has 5 N–H and O–H groups in total. The van der Waals surface area contributed by atoms with Crippen LogP contribution in [0.25, 0.3) is 0 Å². The molecule has 5 heteroatoms. The number of nitrogens with one attached hydrogen (secondary N) is 1. The first-order valence-corrected chi connectivity index (χ1v) is 6.31. The Hall–Kier alpha value is -1.49. The van der Waals surface area contributed by atoms with Crippen LogP contribution in [0.3, 0.4) is 0 Å². The number of pyridine rings is 1. The van der Waals surface area contributed by atoms with Crippen LogP contribution in [0.4, 0.5) is 17.3 Å². The summed E-state index contributed by atoms with van der Waals surface area (Å²) in [6.45, 7) is 5.40. The number of nitrogens with zero attached hydrogens (tertiary/aromatic N) is 2. The summed E-state index contributed by atoms with van der Waals surface area (Å²) in [6, 6.07) is 4.01. The average molecular weight is 251 g/mol. The number of rotatable bonds is 6. The van der Waals surface area contributed by atoms with Gasteiger partial charge in [0.25, 0.3) is 0 Å². The van der Waals surface area contributed by atoms with Crippen LogP contribution in [0, 0.1) is 5.92 Å². The molecule has 0 aliphatic carbocycles. The van der Waals surface area contributed by atoms with Gasteiger partial charge in [0, 0.05) is 12.6 Å². The van der Waals surface area contributed by atoms with E-state index in [1.165, 1.54) is 0 Å². The monoisotopic (exact) mass is 251 g/mol. The van der Waals surface area contributed by atoms with Crippen LogP contribution in [0.2, 0.25) is 0 Å². The predicted molar refractivity (Wildman–Crippen MR) is 78.5 cm³/mol. The standard InChI is InChI=1S/C13H25N5/c1-9(2)7-10(8-18(3)4)16-12-6-5-11(14)13(15)17-12/h5-6,9-10H,7-8,14H2,1-4H3,(H3,15,16,17). The van der Waals surface area contributed by atoms with Crippen molar-refractivity contribution in [3.05, 3.63) is 12.1 Å². The highest BCUT2D eigenvalue weighted by Crippen LogP contribution is 2.17. The Balaban J connectivity index is 2.71. The van der Waals surface area contributed by atoms with Gasteiger partial charge in [0.05, 0.1) is 5.69 Å². The van der Waals surface area contributed by atoms with E-state index >= 15 is 0 Å². The maximum absolute atomic E-state index is 5.71. The van der Waals surface area contributed by atoms with Crippen LogP contribution >= 0.6 is 0 Å². The zero-order valence-electron chi connectivity index (χ0n) is 11.8. The summed E-state index contributed by atoms with van der Waals surface area (Å²) in [4.78, 5) is 6.42. The summed E-state index contributed by atoms with van der Waals surface area (Å²) in [5.41, 5.74) is 11.9. The third-order valence-electron chi connectivity index (χ3n) is 2.65. The van der Waals surface area contributed by atoms with Gasteiger partial charge >= 0.3 is 0 Å². The zero-order valence-corrected chi connectivity index (χ0v) is 11.8. The Bertz CT molecular complexity index is 366. The van der Waals surface area contributed by atoms with Gasteiger partial charge in [-0.15, -0.1) is 0 Å². The molecule has 0 saturated carbocycles. The van der Waals surface area contributed by atoms with E-state index in [9.17, 15) is 0 Å². The molecular formula is C13H25N5. The first-order valence-electron chi connectivity index (χ1n) is 6.31. The number of hydrogen-bond donors (Lipinski definition) is 3. The molecule has 1 aromatic rings. The number of hydrogen-bond acceptors (Lipinski definition) is 5. The van der Waals surface area contributed by atoms with Gasteiger partial charge in [-0.2, -0.15) is 0 Å². The molecule has 0 saturated heterocycles. The molecule has 1 rings (SSSR count). The van der Waals surface area contributed by atoms with E-state index in [2.05, 4.69) is 43.1 Å². The molecule has 1 unspecified atom stereocenters. The van der Waals surface area contributed by atoms with Crippen molar-refractivity contribution >= 4 is 17.3 Å². The highest BCUT2D eigenvalue weighted by molar-refractivity contribution is 5.61. The molecular weight excluding hydrogens is 226 g/mol. The zero-order chi connectivity index (χ0) is 13.7. The van der Waals surface area contributed by atoms with E-state index in [0.717, 1.165) is 18.8 Å². The molecule has 18 heavy (non-hydrogen) atoms. The molecule has 0 amide bonds. The Labute approximate surface area is 110 Å². The van der Waals surface area contributed by atoms with Gasteiger partial charge in [-0.05, 0) is 38.6 Å². The summed E-state index contributed by atoms with van der Waals surface area (Å²) in [5.74, 6) is 1.80. The molecule has 1 atom stereocenters. The van der Waals surface area contributed by atoms with Crippen molar-refractivity contribution in [2.45, 2.75) is 26.3 Å². The second kappa shape index (κ2) is 6.44. The van der Waals surface area contributed by atoms with E-state index in [-0.39, 0.29) is 0 Å². The minimum atomic E-state index is 0.357. The summed E-state index contributed by atoms with van der Waals surface area (Å²) in [5, 5.41) is 3.42. The molecule has 102 valence electrons. The normalized spacial score (nSPS) is 13.0. The Morgan fingerprint density at radius 1 is 1.28 bits per heavy atom. The molecule has 1 heterocycles. The van der Waals surface area contributed by atoms with Gasteiger partial charge in [0.15, 0.2) is 0 Å². The van der Waals surface area contributed by atoms with Gasteiger partial charge in [-0.1, -0.05) is 13.8 Å². The smallest absolute Gasteiger partial charge is 0.149 e. The van der Waals surface area contributed by atoms with Crippen LogP contribution < -0.4 is 16.8 Å². The number of likely N-dealkylation sites (N-methyl/N-ethyl adjacent to an activating group) is 1. The molecule has 0 aromatic carbocycles. The predicted octanol–water partition coefficient (Wildman–Crippen LogP) is 1.63. The lowest BCUT2D eigenvalue weighted by Crippen LogP contribution is -2.33. The molecule has 1 aromatic heterocycles. The van der Waals surface area contributed by atoms with E-state index in [0.29, 0.717) is 23.5 Å².